The normalized spacial score (nSPS) is 9.79. The first-order valence-electron chi connectivity index (χ1n) is 5.67. The van der Waals surface area contributed by atoms with Gasteiger partial charge in [-0.3, -0.25) is 4.79 Å². The highest BCUT2D eigenvalue weighted by Crippen LogP contribution is 2.16. The summed E-state index contributed by atoms with van der Waals surface area (Å²) >= 11 is 1.54. The van der Waals surface area contributed by atoms with Crippen LogP contribution in [-0.4, -0.2) is 17.6 Å². The first kappa shape index (κ1) is 13.3. The van der Waals surface area contributed by atoms with Crippen molar-refractivity contribution in [2.75, 3.05) is 6.54 Å². The molecule has 0 aromatic carbocycles. The van der Waals surface area contributed by atoms with E-state index in [-0.39, 0.29) is 11.7 Å². The first-order valence-corrected chi connectivity index (χ1v) is 6.55. The van der Waals surface area contributed by atoms with Gasteiger partial charge in [0.25, 0.3) is 5.91 Å². The third-order valence-electron chi connectivity index (χ3n) is 2.43. The van der Waals surface area contributed by atoms with Gasteiger partial charge in [0.05, 0.1) is 19.3 Å². The fraction of sp³-hybridized carbons (Fsp3) is 0.231. The maximum absolute atomic E-state index is 11.9. The van der Waals surface area contributed by atoms with Gasteiger partial charge in [-0.2, -0.15) is 0 Å². The standard InChI is InChI=1S/C13H13N3O2S/c1-9-7-16-18-12(9)13(17)15-8-11-10(3-2-5-14)4-6-19-11/h4,6-7H,5,8,14H2,1H3,(H,15,17). The minimum Gasteiger partial charge on any atom is -0.351 e. The van der Waals surface area contributed by atoms with E-state index >= 15 is 0 Å². The molecule has 19 heavy (non-hydrogen) atoms. The monoisotopic (exact) mass is 275 g/mol. The van der Waals surface area contributed by atoms with Crippen LogP contribution in [0.1, 0.15) is 26.6 Å². The third kappa shape index (κ3) is 3.22. The zero-order chi connectivity index (χ0) is 13.7. The largest absolute Gasteiger partial charge is 0.351 e. The molecule has 0 unspecified atom stereocenters. The van der Waals surface area contributed by atoms with Gasteiger partial charge in [-0.25, -0.2) is 0 Å². The van der Waals surface area contributed by atoms with Crippen molar-refractivity contribution < 1.29 is 9.32 Å². The first-order chi connectivity index (χ1) is 9.22. The number of carbonyl (C=O) groups is 1. The maximum atomic E-state index is 11.9. The van der Waals surface area contributed by atoms with Crippen LogP contribution in [0.25, 0.3) is 0 Å². The van der Waals surface area contributed by atoms with Gasteiger partial charge in [-0.05, 0) is 18.4 Å². The van der Waals surface area contributed by atoms with Gasteiger partial charge in [0, 0.05) is 16.0 Å². The van der Waals surface area contributed by atoms with E-state index in [4.69, 9.17) is 10.3 Å². The molecule has 3 N–H and O–H groups in total. The number of aromatic nitrogens is 1. The fourth-order valence-corrected chi connectivity index (χ4v) is 2.26. The van der Waals surface area contributed by atoms with Crippen LogP contribution in [0.5, 0.6) is 0 Å². The molecular formula is C13H13N3O2S. The maximum Gasteiger partial charge on any atom is 0.290 e. The number of nitrogens with one attached hydrogen (secondary N) is 1. The van der Waals surface area contributed by atoms with E-state index < -0.39 is 0 Å². The molecule has 6 heteroatoms. The molecule has 0 aliphatic heterocycles. The molecule has 2 aromatic rings. The van der Waals surface area contributed by atoms with Crippen LogP contribution in [0.3, 0.4) is 0 Å². The lowest BCUT2D eigenvalue weighted by Gasteiger charge is -2.02. The highest BCUT2D eigenvalue weighted by molar-refractivity contribution is 7.10. The van der Waals surface area contributed by atoms with Crippen molar-refractivity contribution in [3.05, 3.63) is 39.4 Å². The van der Waals surface area contributed by atoms with Crippen molar-refractivity contribution >= 4 is 17.2 Å². The quantitative estimate of drug-likeness (QED) is 0.827. The van der Waals surface area contributed by atoms with Crippen LogP contribution >= 0.6 is 11.3 Å². The molecule has 2 rings (SSSR count). The third-order valence-corrected chi connectivity index (χ3v) is 3.36. The highest BCUT2D eigenvalue weighted by atomic mass is 32.1. The van der Waals surface area contributed by atoms with Gasteiger partial charge in [0.2, 0.25) is 5.76 Å². The number of aryl methyl sites for hydroxylation is 1. The Morgan fingerprint density at radius 1 is 1.63 bits per heavy atom. The average Bonchev–Trinajstić information content (AvgIpc) is 3.02. The summed E-state index contributed by atoms with van der Waals surface area (Å²) in [5, 5.41) is 8.29. The summed E-state index contributed by atoms with van der Waals surface area (Å²) in [6.45, 7) is 2.50. The topological polar surface area (TPSA) is 81.2 Å². The predicted octanol–water partition coefficient (Wildman–Crippen LogP) is 1.28. The molecular weight excluding hydrogens is 262 g/mol. The Labute approximate surface area is 114 Å². The summed E-state index contributed by atoms with van der Waals surface area (Å²) in [4.78, 5) is 12.8. The van der Waals surface area contributed by atoms with Gasteiger partial charge in [-0.15, -0.1) is 11.3 Å². The van der Waals surface area contributed by atoms with E-state index in [9.17, 15) is 4.79 Å². The van der Waals surface area contributed by atoms with Crippen LogP contribution in [0, 0.1) is 18.8 Å². The summed E-state index contributed by atoms with van der Waals surface area (Å²) < 4.78 is 4.89. The lowest BCUT2D eigenvalue weighted by molar-refractivity contribution is 0.0913. The zero-order valence-electron chi connectivity index (χ0n) is 10.4. The molecule has 0 atom stereocenters. The number of nitrogens with two attached hydrogens (primary N) is 1. The molecule has 2 aromatic heterocycles. The molecule has 98 valence electrons. The Kier molecular flexibility index (Phi) is 4.34. The number of thiophene rings is 1. The van der Waals surface area contributed by atoms with E-state index in [1.165, 1.54) is 17.5 Å². The van der Waals surface area contributed by atoms with E-state index in [0.717, 1.165) is 10.4 Å². The summed E-state index contributed by atoms with van der Waals surface area (Å²) in [5.74, 6) is 5.73. The van der Waals surface area contributed by atoms with Crippen molar-refractivity contribution in [3.63, 3.8) is 0 Å². The highest BCUT2D eigenvalue weighted by Gasteiger charge is 2.14. The van der Waals surface area contributed by atoms with Crippen molar-refractivity contribution in [3.8, 4) is 11.8 Å². The van der Waals surface area contributed by atoms with Gasteiger partial charge in [0.15, 0.2) is 0 Å². The molecule has 1 amide bonds. The number of amides is 1. The Morgan fingerprint density at radius 2 is 2.47 bits per heavy atom. The van der Waals surface area contributed by atoms with Crippen LogP contribution in [0.15, 0.2) is 22.2 Å². The lowest BCUT2D eigenvalue weighted by atomic mass is 10.2. The van der Waals surface area contributed by atoms with Gasteiger partial charge in [0.1, 0.15) is 0 Å². The molecule has 2 heterocycles. The zero-order valence-corrected chi connectivity index (χ0v) is 11.2. The number of nitrogens with zero attached hydrogens (tertiary/aromatic N) is 1. The molecule has 0 radical (unpaired) electrons. The minimum absolute atomic E-state index is 0.242. The Balaban J connectivity index is 2.02. The second-order valence-corrected chi connectivity index (χ2v) is 4.78. The predicted molar refractivity (Wildman–Crippen MR) is 72.7 cm³/mol. The number of carbonyl (C=O) groups excluding carboxylic acids is 1. The van der Waals surface area contributed by atoms with Crippen LogP contribution < -0.4 is 11.1 Å². The summed E-state index contributed by atoms with van der Waals surface area (Å²) in [6.07, 6.45) is 1.51. The Hall–Kier alpha value is -2.10. The van der Waals surface area contributed by atoms with E-state index in [0.29, 0.717) is 18.7 Å². The SMILES string of the molecule is Cc1cnoc1C(=O)NCc1sccc1C#CCN. The lowest BCUT2D eigenvalue weighted by Crippen LogP contribution is -2.22. The van der Waals surface area contributed by atoms with Crippen LogP contribution in [-0.2, 0) is 6.54 Å². The summed E-state index contributed by atoms with van der Waals surface area (Å²) in [7, 11) is 0. The molecule has 5 nitrogen and oxygen atoms in total. The van der Waals surface area contributed by atoms with Gasteiger partial charge < -0.3 is 15.6 Å². The van der Waals surface area contributed by atoms with Crippen molar-refractivity contribution in [1.82, 2.24) is 10.5 Å². The molecule has 0 fully saturated rings. The average molecular weight is 275 g/mol. The second-order valence-electron chi connectivity index (χ2n) is 3.78. The molecule has 0 saturated heterocycles. The van der Waals surface area contributed by atoms with E-state index in [2.05, 4.69) is 22.3 Å². The smallest absolute Gasteiger partial charge is 0.290 e. The Morgan fingerprint density at radius 3 is 3.16 bits per heavy atom. The van der Waals surface area contributed by atoms with Gasteiger partial charge >= 0.3 is 0 Å². The molecule has 0 aliphatic rings. The number of rotatable bonds is 3. The second kappa shape index (κ2) is 6.18. The minimum atomic E-state index is -0.277. The number of hydrogen-bond donors (Lipinski definition) is 2. The Bertz CT molecular complexity index is 634. The van der Waals surface area contributed by atoms with E-state index in [1.807, 2.05) is 11.4 Å². The van der Waals surface area contributed by atoms with Crippen LogP contribution in [0.4, 0.5) is 0 Å². The molecule has 0 aliphatic carbocycles. The summed E-state index contributed by atoms with van der Waals surface area (Å²) in [5.41, 5.74) is 6.95. The van der Waals surface area contributed by atoms with Crippen LogP contribution in [0.2, 0.25) is 0 Å². The fourth-order valence-electron chi connectivity index (χ4n) is 1.49. The molecule has 0 saturated carbocycles. The number of hydrogen-bond acceptors (Lipinski definition) is 5. The summed E-state index contributed by atoms with van der Waals surface area (Å²) in [6, 6.07) is 1.91. The van der Waals surface area contributed by atoms with Crippen molar-refractivity contribution in [1.29, 1.82) is 0 Å². The van der Waals surface area contributed by atoms with Crippen molar-refractivity contribution in [2.24, 2.45) is 5.73 Å². The van der Waals surface area contributed by atoms with Gasteiger partial charge in [-0.1, -0.05) is 17.0 Å². The van der Waals surface area contributed by atoms with Crippen molar-refractivity contribution in [2.45, 2.75) is 13.5 Å². The molecule has 0 bridgehead atoms. The van der Waals surface area contributed by atoms with E-state index in [1.54, 1.807) is 6.92 Å². The molecule has 0 spiro atoms.